The van der Waals surface area contributed by atoms with Crippen LogP contribution in [-0.2, 0) is 16.2 Å². The van der Waals surface area contributed by atoms with Crippen molar-refractivity contribution in [1.29, 1.82) is 0 Å². The largest absolute Gasteiger partial charge is 0.309 e. The Hall–Kier alpha value is -11.4. The molecule has 93 heavy (non-hydrogen) atoms. The molecular formula is C92H65N. The minimum Gasteiger partial charge on any atom is -0.309 e. The molecule has 0 saturated carbocycles. The first-order valence-electron chi connectivity index (χ1n) is 32.7. The zero-order valence-electron chi connectivity index (χ0n) is 52.3. The van der Waals surface area contributed by atoms with Crippen molar-refractivity contribution in [3.8, 4) is 72.4 Å². The minimum absolute atomic E-state index is 0.0727. The van der Waals surface area contributed by atoms with Crippen LogP contribution in [0.3, 0.4) is 0 Å². The molecule has 0 saturated heterocycles. The van der Waals surface area contributed by atoms with Crippen molar-refractivity contribution < 1.29 is 0 Å². The molecule has 0 atom stereocenters. The Kier molecular flexibility index (Phi) is 12.4. The van der Waals surface area contributed by atoms with Crippen LogP contribution in [0.4, 0.5) is 0 Å². The van der Waals surface area contributed by atoms with Crippen molar-refractivity contribution in [2.24, 2.45) is 0 Å². The van der Waals surface area contributed by atoms with Gasteiger partial charge in [0.15, 0.2) is 0 Å². The van der Waals surface area contributed by atoms with Gasteiger partial charge in [-0.1, -0.05) is 311 Å². The van der Waals surface area contributed by atoms with Crippen molar-refractivity contribution in [3.05, 3.63) is 400 Å². The number of rotatable bonds is 10. The van der Waals surface area contributed by atoms with Gasteiger partial charge in [0.2, 0.25) is 0 Å². The number of hydrogen-bond acceptors (Lipinski definition) is 0. The van der Waals surface area contributed by atoms with E-state index < -0.39 is 10.8 Å². The fourth-order valence-corrected chi connectivity index (χ4v) is 16.7. The standard InChI is InChI=1S/C92H65N/c1-60-32-48-76-77-50-44-67(57-86(77)91(84(76)54-60,69-20-8-4-9-21-69)70-22-10-5-11-23-70)68-45-51-79-78-49-43-66(56-85(78)92(87(79)58-68,71-24-12-6-13-25-71)72-26-14-7-15-27-72)64-41-37-62(38-42-64)34-33-61-35-39-63(40-36-61)65-46-53-89-81(55-65)80-29-17-19-31-88(80)93(89)73-47-52-75-74-28-16-18-30-82(74)90(2,3)83(75)59-73/h4-59H,1-3H3. The molecule has 0 radical (unpaired) electrons. The number of aromatic nitrogens is 1. The quantitative estimate of drug-likeness (QED) is 0.120. The Morgan fingerprint density at radius 2 is 0.624 bits per heavy atom. The molecule has 3 aliphatic rings. The van der Waals surface area contributed by atoms with E-state index in [0.717, 1.165) is 11.1 Å². The molecule has 1 nitrogen and oxygen atoms in total. The molecule has 0 fully saturated rings. The zero-order chi connectivity index (χ0) is 62.0. The van der Waals surface area contributed by atoms with E-state index >= 15 is 0 Å². The highest BCUT2D eigenvalue weighted by Crippen LogP contribution is 2.60. The molecule has 15 aromatic rings. The molecule has 0 bridgehead atoms. The van der Waals surface area contributed by atoms with Gasteiger partial charge in [0, 0.05) is 21.9 Å². The number of para-hydroxylation sites is 1. The normalized spacial score (nSPS) is 14.2. The Balaban J connectivity index is 0.664. The summed E-state index contributed by atoms with van der Waals surface area (Å²) >= 11 is 0. The Morgan fingerprint density at radius 1 is 0.258 bits per heavy atom. The summed E-state index contributed by atoms with van der Waals surface area (Å²) in [6.07, 6.45) is 4.46. The van der Waals surface area contributed by atoms with Crippen LogP contribution in [0.5, 0.6) is 0 Å². The Morgan fingerprint density at radius 3 is 1.14 bits per heavy atom. The third-order valence-electron chi connectivity index (χ3n) is 21.0. The molecule has 1 heterocycles. The van der Waals surface area contributed by atoms with E-state index in [9.17, 15) is 0 Å². The van der Waals surface area contributed by atoms with Crippen molar-refractivity contribution in [2.75, 3.05) is 0 Å². The van der Waals surface area contributed by atoms with E-state index in [1.807, 2.05) is 0 Å². The molecule has 14 aromatic carbocycles. The van der Waals surface area contributed by atoms with Gasteiger partial charge in [0.05, 0.1) is 21.9 Å². The highest BCUT2D eigenvalue weighted by molar-refractivity contribution is 6.10. The van der Waals surface area contributed by atoms with Gasteiger partial charge in [0.1, 0.15) is 0 Å². The van der Waals surface area contributed by atoms with Crippen LogP contribution in [-0.4, -0.2) is 4.57 Å². The Labute approximate surface area is 544 Å². The van der Waals surface area contributed by atoms with E-state index in [1.54, 1.807) is 0 Å². The monoisotopic (exact) mass is 1180 g/mol. The number of hydrogen-bond donors (Lipinski definition) is 0. The number of benzene rings is 14. The van der Waals surface area contributed by atoms with E-state index in [2.05, 4.69) is 365 Å². The first-order chi connectivity index (χ1) is 45.7. The van der Waals surface area contributed by atoms with Gasteiger partial charge in [-0.2, -0.15) is 0 Å². The van der Waals surface area contributed by atoms with E-state index in [-0.39, 0.29) is 5.41 Å². The van der Waals surface area contributed by atoms with Gasteiger partial charge in [-0.25, -0.2) is 0 Å². The van der Waals surface area contributed by atoms with Crippen LogP contribution in [0, 0.1) is 6.92 Å². The van der Waals surface area contributed by atoms with Crippen LogP contribution in [0.15, 0.2) is 328 Å². The molecule has 18 rings (SSSR count). The summed E-state index contributed by atoms with van der Waals surface area (Å²) in [4.78, 5) is 0. The minimum atomic E-state index is -0.595. The molecule has 0 N–H and O–H groups in total. The number of fused-ring (bicyclic) bond motifs is 12. The van der Waals surface area contributed by atoms with Gasteiger partial charge in [-0.15, -0.1) is 0 Å². The molecule has 1 aromatic heterocycles. The molecule has 1 heteroatoms. The van der Waals surface area contributed by atoms with Crippen LogP contribution >= 0.6 is 0 Å². The van der Waals surface area contributed by atoms with Gasteiger partial charge in [-0.05, 0) is 189 Å². The van der Waals surface area contributed by atoms with Crippen LogP contribution < -0.4 is 0 Å². The lowest BCUT2D eigenvalue weighted by atomic mass is 9.66. The lowest BCUT2D eigenvalue weighted by Gasteiger charge is -2.35. The van der Waals surface area contributed by atoms with Gasteiger partial charge in [-0.3, -0.25) is 0 Å². The second kappa shape index (κ2) is 21.1. The first kappa shape index (κ1) is 54.5. The van der Waals surface area contributed by atoms with Gasteiger partial charge in [0.25, 0.3) is 0 Å². The van der Waals surface area contributed by atoms with Gasteiger partial charge < -0.3 is 4.57 Å². The average molecular weight is 1180 g/mol. The second-order valence-corrected chi connectivity index (χ2v) is 26.4. The topological polar surface area (TPSA) is 4.93 Å². The molecule has 3 aliphatic carbocycles. The highest BCUT2D eigenvalue weighted by Gasteiger charge is 2.48. The maximum absolute atomic E-state index is 2.51. The summed E-state index contributed by atoms with van der Waals surface area (Å²) in [5, 5.41) is 2.52. The second-order valence-electron chi connectivity index (χ2n) is 26.4. The van der Waals surface area contributed by atoms with Crippen molar-refractivity contribution in [1.82, 2.24) is 4.57 Å². The molecule has 0 amide bonds. The summed E-state index contributed by atoms with van der Waals surface area (Å²) in [6, 6.07) is 123. The summed E-state index contributed by atoms with van der Waals surface area (Å²) < 4.78 is 2.45. The zero-order valence-corrected chi connectivity index (χ0v) is 52.3. The van der Waals surface area contributed by atoms with E-state index in [4.69, 9.17) is 0 Å². The van der Waals surface area contributed by atoms with Crippen LogP contribution in [0.25, 0.3) is 106 Å². The van der Waals surface area contributed by atoms with Crippen LogP contribution in [0.2, 0.25) is 0 Å². The summed E-state index contributed by atoms with van der Waals surface area (Å²) in [5.74, 6) is 0. The lowest BCUT2D eigenvalue weighted by molar-refractivity contribution is 0.660. The van der Waals surface area contributed by atoms with Crippen molar-refractivity contribution in [2.45, 2.75) is 37.0 Å². The van der Waals surface area contributed by atoms with Crippen LogP contribution in [0.1, 0.15) is 86.2 Å². The molecule has 0 spiro atoms. The third kappa shape index (κ3) is 8.26. The number of aryl methyl sites for hydroxylation is 1. The molecule has 0 aliphatic heterocycles. The molecular weight excluding hydrogens is 1120 g/mol. The predicted octanol–water partition coefficient (Wildman–Crippen LogP) is 23.3. The summed E-state index contributed by atoms with van der Waals surface area (Å²) in [5.41, 5.74) is 34.1. The van der Waals surface area contributed by atoms with Gasteiger partial charge >= 0.3 is 0 Å². The number of nitrogens with zero attached hydrogens (tertiary/aromatic N) is 1. The SMILES string of the molecule is Cc1ccc2c(c1)C(c1ccccc1)(c1ccccc1)c1cc(-c3ccc4c(c3)C(c3ccccc3)(c3ccccc3)c3cc(-c5ccc(C=Cc6ccc(-c7ccc8c(c7)c7ccccc7n8-c7ccc8c(c7)C(C)(C)c7ccccc7-8)cc6)cc5)ccc3-4)ccc1-2. The summed E-state index contributed by atoms with van der Waals surface area (Å²) in [6.45, 7) is 6.94. The maximum Gasteiger partial charge on any atom is 0.0713 e. The van der Waals surface area contributed by atoms with E-state index in [1.165, 1.54) is 155 Å². The van der Waals surface area contributed by atoms with Crippen molar-refractivity contribution in [3.63, 3.8) is 0 Å². The fraction of sp³-hybridized carbons (Fsp3) is 0.0652. The lowest BCUT2D eigenvalue weighted by Crippen LogP contribution is -2.29. The average Bonchev–Trinajstić information content (AvgIpc) is 1.56. The third-order valence-corrected chi connectivity index (χ3v) is 21.0. The predicted molar refractivity (Wildman–Crippen MR) is 389 cm³/mol. The Bertz CT molecular complexity index is 5410. The highest BCUT2D eigenvalue weighted by atomic mass is 15.0. The van der Waals surface area contributed by atoms with Crippen molar-refractivity contribution >= 4 is 34.0 Å². The van der Waals surface area contributed by atoms with E-state index in [0.29, 0.717) is 0 Å². The smallest absolute Gasteiger partial charge is 0.0713 e. The molecule has 438 valence electrons. The summed E-state index contributed by atoms with van der Waals surface area (Å²) in [7, 11) is 0. The fourth-order valence-electron chi connectivity index (χ4n) is 16.7. The first-order valence-corrected chi connectivity index (χ1v) is 32.7. The maximum atomic E-state index is 2.51. The molecule has 0 unspecified atom stereocenters.